The zero-order chi connectivity index (χ0) is 21.4. The van der Waals surface area contributed by atoms with Gasteiger partial charge in [-0.25, -0.2) is 9.48 Å². The topological polar surface area (TPSA) is 117 Å². The zero-order valence-corrected chi connectivity index (χ0v) is 15.3. The average Bonchev–Trinajstić information content (AvgIpc) is 2.68. The van der Waals surface area contributed by atoms with E-state index in [1.165, 1.54) is 18.2 Å². The number of halogens is 2. The molecule has 11 heteroatoms. The lowest BCUT2D eigenvalue weighted by Crippen LogP contribution is -2.34. The van der Waals surface area contributed by atoms with Gasteiger partial charge in [0.25, 0.3) is 17.4 Å². The van der Waals surface area contributed by atoms with Gasteiger partial charge >= 0.3 is 12.6 Å². The molecule has 0 atom stereocenters. The quantitative estimate of drug-likeness (QED) is 0.655. The maximum atomic E-state index is 12.1. The molecule has 0 fully saturated rings. The molecule has 0 radical (unpaired) electrons. The van der Waals surface area contributed by atoms with Crippen LogP contribution in [0.4, 0.5) is 8.78 Å². The number of amides is 2. The van der Waals surface area contributed by atoms with Crippen LogP contribution in [0, 0.1) is 0 Å². The van der Waals surface area contributed by atoms with E-state index in [2.05, 4.69) is 9.84 Å². The second-order valence-corrected chi connectivity index (χ2v) is 5.64. The van der Waals surface area contributed by atoms with Gasteiger partial charge in [0.15, 0.2) is 12.3 Å². The number of aryl methyl sites for hydroxylation is 1. The first-order chi connectivity index (χ1) is 13.8. The Kier molecular flexibility index (Phi) is 7.52. The van der Waals surface area contributed by atoms with Crippen LogP contribution in [0.5, 0.6) is 5.75 Å². The van der Waals surface area contributed by atoms with Gasteiger partial charge in [0.1, 0.15) is 5.75 Å². The molecule has 0 saturated carbocycles. The molecule has 9 nitrogen and oxygen atoms in total. The van der Waals surface area contributed by atoms with Gasteiger partial charge in [-0.2, -0.15) is 13.9 Å². The maximum Gasteiger partial charge on any atom is 0.387 e. The van der Waals surface area contributed by atoms with E-state index in [0.29, 0.717) is 13.0 Å². The molecule has 0 saturated heterocycles. The molecular formula is C18H17F2N3O6. The van der Waals surface area contributed by atoms with Crippen molar-refractivity contribution in [1.82, 2.24) is 15.1 Å². The Balaban J connectivity index is 1.89. The van der Waals surface area contributed by atoms with Crippen LogP contribution in [0.2, 0.25) is 0 Å². The summed E-state index contributed by atoms with van der Waals surface area (Å²) in [4.78, 5) is 47.3. The van der Waals surface area contributed by atoms with Crippen molar-refractivity contribution in [3.05, 3.63) is 58.0 Å². The first-order valence-electron chi connectivity index (χ1n) is 8.44. The van der Waals surface area contributed by atoms with Gasteiger partial charge in [-0.15, -0.1) is 0 Å². The number of rotatable bonds is 8. The van der Waals surface area contributed by atoms with Crippen LogP contribution in [0.3, 0.4) is 0 Å². The fraction of sp³-hybridized carbons (Fsp3) is 0.278. The normalized spacial score (nSPS) is 10.5. The summed E-state index contributed by atoms with van der Waals surface area (Å²) in [5.74, 6) is -2.80. The summed E-state index contributed by atoms with van der Waals surface area (Å²) >= 11 is 0. The smallest absolute Gasteiger partial charge is 0.387 e. The predicted molar refractivity (Wildman–Crippen MR) is 94.6 cm³/mol. The first-order valence-corrected chi connectivity index (χ1v) is 8.44. The monoisotopic (exact) mass is 409 g/mol. The Hall–Kier alpha value is -3.63. The second kappa shape index (κ2) is 10.1. The summed E-state index contributed by atoms with van der Waals surface area (Å²) in [6.45, 7) is -1.61. The number of alkyl halides is 2. The molecule has 1 aromatic heterocycles. The van der Waals surface area contributed by atoms with Crippen molar-refractivity contribution in [2.75, 3.05) is 6.61 Å². The van der Waals surface area contributed by atoms with Crippen LogP contribution in [0.15, 0.2) is 41.2 Å². The molecule has 0 aliphatic heterocycles. The third-order valence-electron chi connectivity index (χ3n) is 3.44. The van der Waals surface area contributed by atoms with E-state index in [1.54, 1.807) is 0 Å². The maximum absolute atomic E-state index is 12.1. The number of esters is 1. The number of nitrogens with zero attached hydrogens (tertiary/aromatic N) is 2. The highest BCUT2D eigenvalue weighted by atomic mass is 19.3. The summed E-state index contributed by atoms with van der Waals surface area (Å²) in [6, 6.07) is 6.98. The lowest BCUT2D eigenvalue weighted by molar-refractivity contribution is -0.123. The number of benzene rings is 1. The van der Waals surface area contributed by atoms with Gasteiger partial charge in [-0.05, 0) is 36.8 Å². The van der Waals surface area contributed by atoms with E-state index >= 15 is 0 Å². The largest absolute Gasteiger partial charge is 0.451 e. The van der Waals surface area contributed by atoms with Gasteiger partial charge in [-0.3, -0.25) is 19.7 Å². The molecular weight excluding hydrogens is 392 g/mol. The van der Waals surface area contributed by atoms with Gasteiger partial charge < -0.3 is 9.47 Å². The number of nitrogens with one attached hydrogen (secondary N) is 1. The Morgan fingerprint density at radius 3 is 2.45 bits per heavy atom. The summed E-state index contributed by atoms with van der Waals surface area (Å²) in [5, 5.41) is 5.83. The van der Waals surface area contributed by atoms with Gasteiger partial charge in [-0.1, -0.05) is 6.92 Å². The highest BCUT2D eigenvalue weighted by molar-refractivity contribution is 6.05. The molecule has 1 N–H and O–H groups in total. The molecule has 0 spiro atoms. The number of carbonyl (C=O) groups is 3. The zero-order valence-electron chi connectivity index (χ0n) is 15.3. The van der Waals surface area contributed by atoms with Crippen molar-refractivity contribution in [3.8, 4) is 5.75 Å². The van der Waals surface area contributed by atoms with Gasteiger partial charge in [0.2, 0.25) is 0 Å². The van der Waals surface area contributed by atoms with Crippen LogP contribution < -0.4 is 15.6 Å². The molecule has 2 aromatic rings. The number of imide groups is 1. The molecule has 29 heavy (non-hydrogen) atoms. The predicted octanol–water partition coefficient (Wildman–Crippen LogP) is 1.37. The molecule has 0 bridgehead atoms. The van der Waals surface area contributed by atoms with E-state index in [-0.39, 0.29) is 22.6 Å². The summed E-state index contributed by atoms with van der Waals surface area (Å²) in [5.41, 5.74) is -0.525. The van der Waals surface area contributed by atoms with E-state index in [0.717, 1.165) is 22.9 Å². The Morgan fingerprint density at radius 2 is 1.83 bits per heavy atom. The summed E-state index contributed by atoms with van der Waals surface area (Å²) in [7, 11) is 0. The van der Waals surface area contributed by atoms with Crippen molar-refractivity contribution in [2.45, 2.75) is 26.5 Å². The van der Waals surface area contributed by atoms with Crippen LogP contribution in [-0.2, 0) is 16.1 Å². The lowest BCUT2D eigenvalue weighted by Gasteiger charge is -2.08. The minimum atomic E-state index is -3.00. The van der Waals surface area contributed by atoms with Crippen molar-refractivity contribution in [1.29, 1.82) is 0 Å². The highest BCUT2D eigenvalue weighted by Gasteiger charge is 2.16. The third-order valence-corrected chi connectivity index (χ3v) is 3.44. The molecule has 2 rings (SSSR count). The summed E-state index contributed by atoms with van der Waals surface area (Å²) in [6.07, 6.45) is 0.630. The van der Waals surface area contributed by atoms with Crippen molar-refractivity contribution < 1.29 is 32.6 Å². The van der Waals surface area contributed by atoms with Crippen LogP contribution >= 0.6 is 0 Å². The minimum Gasteiger partial charge on any atom is -0.451 e. The Morgan fingerprint density at radius 1 is 1.14 bits per heavy atom. The number of carbonyl (C=O) groups excluding carboxylic acids is 3. The molecule has 0 unspecified atom stereocenters. The standard InChI is InChI=1S/C18H17F2N3O6/c1-2-9-23-15(25)8-7-13(22-23)17(27)28-10-14(24)21-16(26)11-3-5-12(6-4-11)29-18(19)20/h3-8,18H,2,9-10H2,1H3,(H,21,24,26). The fourth-order valence-electron chi connectivity index (χ4n) is 2.16. The van der Waals surface area contributed by atoms with E-state index in [1.807, 2.05) is 12.2 Å². The second-order valence-electron chi connectivity index (χ2n) is 5.64. The van der Waals surface area contributed by atoms with Crippen molar-refractivity contribution >= 4 is 17.8 Å². The van der Waals surface area contributed by atoms with Crippen molar-refractivity contribution in [2.24, 2.45) is 0 Å². The van der Waals surface area contributed by atoms with Crippen molar-refractivity contribution in [3.63, 3.8) is 0 Å². The lowest BCUT2D eigenvalue weighted by atomic mass is 10.2. The SMILES string of the molecule is CCCn1nc(C(=O)OCC(=O)NC(=O)c2ccc(OC(F)F)cc2)ccc1=O. The van der Waals surface area contributed by atoms with E-state index < -0.39 is 31.0 Å². The molecule has 1 heterocycles. The number of hydrogen-bond acceptors (Lipinski definition) is 7. The van der Waals surface area contributed by atoms with Gasteiger partial charge in [0, 0.05) is 18.2 Å². The number of ether oxygens (including phenoxy) is 2. The van der Waals surface area contributed by atoms with E-state index in [4.69, 9.17) is 4.74 Å². The molecule has 0 aliphatic carbocycles. The fourth-order valence-corrected chi connectivity index (χ4v) is 2.16. The number of hydrogen-bond donors (Lipinski definition) is 1. The average molecular weight is 409 g/mol. The highest BCUT2D eigenvalue weighted by Crippen LogP contribution is 2.14. The summed E-state index contributed by atoms with van der Waals surface area (Å²) < 4.78 is 34.2. The van der Waals surface area contributed by atoms with Crippen LogP contribution in [0.25, 0.3) is 0 Å². The van der Waals surface area contributed by atoms with Crippen LogP contribution in [0.1, 0.15) is 34.2 Å². The van der Waals surface area contributed by atoms with Gasteiger partial charge in [0.05, 0.1) is 0 Å². The Bertz CT molecular complexity index is 943. The first kappa shape index (κ1) is 21.7. The van der Waals surface area contributed by atoms with Crippen LogP contribution in [-0.4, -0.2) is 40.8 Å². The molecule has 2 amide bonds. The van der Waals surface area contributed by atoms with E-state index in [9.17, 15) is 28.0 Å². The molecule has 1 aromatic carbocycles. The third kappa shape index (κ3) is 6.48. The minimum absolute atomic E-state index is 0.0135. The number of aromatic nitrogens is 2. The molecule has 0 aliphatic rings. The molecule has 154 valence electrons. The Labute approximate surface area is 163 Å².